The van der Waals surface area contributed by atoms with Gasteiger partial charge in [0.1, 0.15) is 11.9 Å². The number of anilines is 1. The second-order valence-electron chi connectivity index (χ2n) is 5.55. The molecule has 7 nitrogen and oxygen atoms in total. The van der Waals surface area contributed by atoms with Gasteiger partial charge in [0, 0.05) is 0 Å². The van der Waals surface area contributed by atoms with E-state index < -0.39 is 11.6 Å². The Kier molecular flexibility index (Phi) is 4.95. The van der Waals surface area contributed by atoms with E-state index in [0.29, 0.717) is 11.7 Å². The highest BCUT2D eigenvalue weighted by molar-refractivity contribution is 5.77. The zero-order chi connectivity index (χ0) is 15.3. The molecule has 3 N–H and O–H groups in total. The Bertz CT molecular complexity index is 487. The zero-order valence-electron chi connectivity index (χ0n) is 12.1. The topological polar surface area (TPSA) is 105 Å². The third-order valence-electron chi connectivity index (χ3n) is 3.53. The molecular formula is C14H21N3O4. The minimum Gasteiger partial charge on any atom is -0.479 e. The maximum absolute atomic E-state index is 10.8. The van der Waals surface area contributed by atoms with Crippen molar-refractivity contribution < 1.29 is 19.7 Å². The molecule has 0 aliphatic heterocycles. The molecule has 0 bridgehead atoms. The standard InChI is InChI=1S/C14H21N3O4/c1-14(20,13(18)19)9-16-11-7-15-8-12(17-11)21-10-5-3-2-4-6-10/h7-8,10,20H,2-6,9H2,1H3,(H,16,17)(H,18,19). The fourth-order valence-electron chi connectivity index (χ4n) is 2.18. The first-order valence-corrected chi connectivity index (χ1v) is 7.16. The summed E-state index contributed by atoms with van der Waals surface area (Å²) in [5.74, 6) is -0.496. The van der Waals surface area contributed by atoms with Gasteiger partial charge < -0.3 is 20.3 Å². The highest BCUT2D eigenvalue weighted by Crippen LogP contribution is 2.22. The van der Waals surface area contributed by atoms with Crippen molar-refractivity contribution in [2.24, 2.45) is 0 Å². The van der Waals surface area contributed by atoms with Crippen LogP contribution in [0, 0.1) is 0 Å². The summed E-state index contributed by atoms with van der Waals surface area (Å²) in [7, 11) is 0. The van der Waals surface area contributed by atoms with Crippen LogP contribution in [0.15, 0.2) is 12.4 Å². The Balaban J connectivity index is 1.92. The van der Waals surface area contributed by atoms with Crippen LogP contribution in [0.5, 0.6) is 5.88 Å². The summed E-state index contributed by atoms with van der Waals surface area (Å²) in [6, 6.07) is 0. The maximum Gasteiger partial charge on any atom is 0.337 e. The van der Waals surface area contributed by atoms with Gasteiger partial charge in [0.15, 0.2) is 5.60 Å². The number of hydrogen-bond donors (Lipinski definition) is 3. The number of rotatable bonds is 6. The lowest BCUT2D eigenvalue weighted by atomic mass is 9.98. The fraction of sp³-hybridized carbons (Fsp3) is 0.643. The lowest BCUT2D eigenvalue weighted by molar-refractivity contribution is -0.155. The van der Waals surface area contributed by atoms with Crippen LogP contribution in [0.3, 0.4) is 0 Å². The van der Waals surface area contributed by atoms with Crippen molar-refractivity contribution in [3.63, 3.8) is 0 Å². The number of aliphatic carboxylic acids is 1. The number of carboxylic acid groups (broad SMARTS) is 1. The summed E-state index contributed by atoms with van der Waals surface area (Å²) in [4.78, 5) is 19.1. The van der Waals surface area contributed by atoms with Gasteiger partial charge in [-0.2, -0.15) is 4.98 Å². The minimum absolute atomic E-state index is 0.163. The molecule has 0 spiro atoms. The molecule has 0 saturated heterocycles. The van der Waals surface area contributed by atoms with Crippen molar-refractivity contribution in [1.82, 2.24) is 9.97 Å². The number of nitrogens with zero attached hydrogens (tertiary/aromatic N) is 2. The largest absolute Gasteiger partial charge is 0.479 e. The van der Waals surface area contributed by atoms with E-state index >= 15 is 0 Å². The van der Waals surface area contributed by atoms with Crippen molar-refractivity contribution in [2.45, 2.75) is 50.7 Å². The molecule has 1 aromatic rings. The number of carboxylic acids is 1. The summed E-state index contributed by atoms with van der Waals surface area (Å²) in [6.45, 7) is 1.06. The first-order valence-electron chi connectivity index (χ1n) is 7.16. The van der Waals surface area contributed by atoms with Crippen molar-refractivity contribution in [2.75, 3.05) is 11.9 Å². The highest BCUT2D eigenvalue weighted by Gasteiger charge is 2.29. The monoisotopic (exact) mass is 295 g/mol. The lowest BCUT2D eigenvalue weighted by Crippen LogP contribution is -2.42. The number of aromatic nitrogens is 2. The summed E-state index contributed by atoms with van der Waals surface area (Å²) >= 11 is 0. The van der Waals surface area contributed by atoms with Crippen LogP contribution in [0.1, 0.15) is 39.0 Å². The quantitative estimate of drug-likeness (QED) is 0.729. The molecule has 2 rings (SSSR count). The number of carbonyl (C=O) groups is 1. The second kappa shape index (κ2) is 6.71. The molecule has 1 aliphatic carbocycles. The van der Waals surface area contributed by atoms with Gasteiger partial charge >= 0.3 is 5.97 Å². The molecule has 1 saturated carbocycles. The molecule has 0 aromatic carbocycles. The first kappa shape index (κ1) is 15.5. The van der Waals surface area contributed by atoms with Crippen molar-refractivity contribution in [1.29, 1.82) is 0 Å². The van der Waals surface area contributed by atoms with E-state index in [0.717, 1.165) is 25.7 Å². The van der Waals surface area contributed by atoms with E-state index in [1.807, 2.05) is 0 Å². The molecule has 1 aliphatic rings. The third kappa shape index (κ3) is 4.56. The smallest absolute Gasteiger partial charge is 0.337 e. The first-order chi connectivity index (χ1) is 9.97. The molecule has 21 heavy (non-hydrogen) atoms. The van der Waals surface area contributed by atoms with Gasteiger partial charge in [0.25, 0.3) is 0 Å². The van der Waals surface area contributed by atoms with Gasteiger partial charge in [-0.3, -0.25) is 4.98 Å². The number of ether oxygens (including phenoxy) is 1. The van der Waals surface area contributed by atoms with Crippen LogP contribution >= 0.6 is 0 Å². The van der Waals surface area contributed by atoms with E-state index in [1.54, 1.807) is 0 Å². The second-order valence-corrected chi connectivity index (χ2v) is 5.55. The van der Waals surface area contributed by atoms with Gasteiger partial charge in [-0.25, -0.2) is 4.79 Å². The van der Waals surface area contributed by atoms with Crippen LogP contribution in [0.4, 0.5) is 5.82 Å². The molecule has 1 atom stereocenters. The average Bonchev–Trinajstić information content (AvgIpc) is 2.47. The summed E-state index contributed by atoms with van der Waals surface area (Å²) in [6.07, 6.45) is 8.79. The zero-order valence-corrected chi connectivity index (χ0v) is 12.1. The summed E-state index contributed by atoms with van der Waals surface area (Å²) in [5.41, 5.74) is -1.86. The van der Waals surface area contributed by atoms with Gasteiger partial charge in [-0.05, 0) is 32.6 Å². The average molecular weight is 295 g/mol. The van der Waals surface area contributed by atoms with E-state index in [2.05, 4.69) is 15.3 Å². The predicted molar refractivity (Wildman–Crippen MR) is 76.3 cm³/mol. The minimum atomic E-state index is -1.86. The molecular weight excluding hydrogens is 274 g/mol. The normalized spacial score (nSPS) is 18.8. The fourth-order valence-corrected chi connectivity index (χ4v) is 2.18. The van der Waals surface area contributed by atoms with Gasteiger partial charge in [-0.1, -0.05) is 6.42 Å². The van der Waals surface area contributed by atoms with Crippen LogP contribution in [-0.4, -0.2) is 44.4 Å². The van der Waals surface area contributed by atoms with E-state index in [1.165, 1.54) is 25.7 Å². The molecule has 0 radical (unpaired) electrons. The molecule has 0 amide bonds. The Hall–Kier alpha value is -1.89. The number of aliphatic hydroxyl groups is 1. The van der Waals surface area contributed by atoms with E-state index in [9.17, 15) is 9.90 Å². The number of nitrogens with one attached hydrogen (secondary N) is 1. The SMILES string of the molecule is CC(O)(CNc1cncc(OC2CCCCC2)n1)C(=O)O. The Morgan fingerprint density at radius 2 is 2.14 bits per heavy atom. The molecule has 1 fully saturated rings. The summed E-state index contributed by atoms with van der Waals surface area (Å²) < 4.78 is 5.78. The summed E-state index contributed by atoms with van der Waals surface area (Å²) in [5, 5.41) is 21.2. The van der Waals surface area contributed by atoms with Gasteiger partial charge in [-0.15, -0.1) is 0 Å². The van der Waals surface area contributed by atoms with E-state index in [4.69, 9.17) is 9.84 Å². The van der Waals surface area contributed by atoms with Crippen molar-refractivity contribution in [3.8, 4) is 5.88 Å². The van der Waals surface area contributed by atoms with E-state index in [-0.39, 0.29) is 12.6 Å². The highest BCUT2D eigenvalue weighted by atomic mass is 16.5. The van der Waals surface area contributed by atoms with Crippen LogP contribution < -0.4 is 10.1 Å². The van der Waals surface area contributed by atoms with Crippen LogP contribution in [0.2, 0.25) is 0 Å². The molecule has 1 unspecified atom stereocenters. The Labute approximate surface area is 123 Å². The Morgan fingerprint density at radius 3 is 2.81 bits per heavy atom. The molecule has 116 valence electrons. The molecule has 7 heteroatoms. The predicted octanol–water partition coefficient (Wildman–Crippen LogP) is 1.44. The van der Waals surface area contributed by atoms with Crippen LogP contribution in [-0.2, 0) is 4.79 Å². The van der Waals surface area contributed by atoms with Gasteiger partial charge in [0.2, 0.25) is 5.88 Å². The number of hydrogen-bond acceptors (Lipinski definition) is 6. The molecule has 1 aromatic heterocycles. The lowest BCUT2D eigenvalue weighted by Gasteiger charge is -2.22. The van der Waals surface area contributed by atoms with Crippen LogP contribution in [0.25, 0.3) is 0 Å². The Morgan fingerprint density at radius 1 is 1.43 bits per heavy atom. The maximum atomic E-state index is 10.8. The molecule has 1 heterocycles. The third-order valence-corrected chi connectivity index (χ3v) is 3.53. The van der Waals surface area contributed by atoms with Crippen molar-refractivity contribution >= 4 is 11.8 Å². The van der Waals surface area contributed by atoms with Crippen molar-refractivity contribution in [3.05, 3.63) is 12.4 Å². The van der Waals surface area contributed by atoms with Gasteiger partial charge in [0.05, 0.1) is 18.9 Å².